The van der Waals surface area contributed by atoms with Crippen LogP contribution in [0.3, 0.4) is 0 Å². The number of ether oxygens (including phenoxy) is 5. The predicted molar refractivity (Wildman–Crippen MR) is 241 cm³/mol. The minimum absolute atomic E-state index is 0.123. The maximum Gasteiger partial charge on any atom is 0.313 e. The van der Waals surface area contributed by atoms with Gasteiger partial charge in [-0.1, -0.05) is 98.9 Å². The molecule has 0 aromatic heterocycles. The first kappa shape index (κ1) is 56.9. The molecule has 3 heterocycles. The van der Waals surface area contributed by atoms with Gasteiger partial charge in [0.1, 0.15) is 18.1 Å². The number of allylic oxidation sites excluding steroid dienone is 12. The third-order valence-electron chi connectivity index (χ3n) is 12.2. The Balaban J connectivity index is 1.88. The number of aliphatic hydroxyl groups excluding tert-OH is 9. The Morgan fingerprint density at radius 3 is 1.83 bits per heavy atom. The molecule has 0 amide bonds. The van der Waals surface area contributed by atoms with E-state index in [1.165, 1.54) is 0 Å². The van der Waals surface area contributed by atoms with Gasteiger partial charge in [-0.25, -0.2) is 0 Å². The quantitative estimate of drug-likeness (QED) is 0.174. The van der Waals surface area contributed by atoms with Crippen LogP contribution in [0.25, 0.3) is 0 Å². The standard InChI is InChI=1S/C48H75NO17/c1-28-18-16-14-12-10-8-6-7-9-11-13-15-17-19-35(65-47-45(59)42(49)44(58)31(4)64-47)25-39-41(46(60)62-5)38(55)27-48(61,66-39)26-34(52)22-32(50)20-21-36(53)37(54)23-33(51)24-40(56)63-30(3)29(2)43(28)57/h6-19,28-39,41-45,47,50-55,57-59,61H,20-27,49H2,1-5H3/b7-6+,10-8+,11-9+,14-12+,15-13+,18-16+,19-17+/t28-,29+,30-,31+,32-,33+,34-,35-,36-,37-,38-,39-,41+,42-,43+,44+,45-,47-,48+/m0/s1. The highest BCUT2D eigenvalue weighted by Gasteiger charge is 2.51. The van der Waals surface area contributed by atoms with Gasteiger partial charge in [-0.2, -0.15) is 0 Å². The Labute approximate surface area is 387 Å². The van der Waals surface area contributed by atoms with Gasteiger partial charge in [0.15, 0.2) is 12.1 Å². The third-order valence-corrected chi connectivity index (χ3v) is 12.2. The van der Waals surface area contributed by atoms with Crippen LogP contribution in [-0.4, -0.2) is 168 Å². The molecule has 0 saturated carbocycles. The van der Waals surface area contributed by atoms with Crippen LogP contribution in [0.1, 0.15) is 79.1 Å². The second-order valence-electron chi connectivity index (χ2n) is 17.8. The number of cyclic esters (lactones) is 1. The largest absolute Gasteiger partial charge is 0.469 e. The molecule has 0 radical (unpaired) electrons. The molecular weight excluding hydrogens is 863 g/mol. The average molecular weight is 938 g/mol. The Hall–Kier alpha value is -3.44. The summed E-state index contributed by atoms with van der Waals surface area (Å²) in [6.07, 6.45) is 4.59. The minimum atomic E-state index is -2.23. The molecule has 66 heavy (non-hydrogen) atoms. The van der Waals surface area contributed by atoms with Crippen molar-refractivity contribution in [1.82, 2.24) is 0 Å². The van der Waals surface area contributed by atoms with Crippen molar-refractivity contribution in [3.05, 3.63) is 85.1 Å². The first-order valence-electron chi connectivity index (χ1n) is 22.7. The van der Waals surface area contributed by atoms with Crippen molar-refractivity contribution in [2.45, 2.75) is 177 Å². The molecule has 3 aliphatic rings. The molecule has 18 nitrogen and oxygen atoms in total. The summed E-state index contributed by atoms with van der Waals surface area (Å²) >= 11 is 0. The van der Waals surface area contributed by atoms with Gasteiger partial charge in [-0.3, -0.25) is 9.59 Å². The van der Waals surface area contributed by atoms with E-state index in [0.717, 1.165) is 7.11 Å². The number of nitrogens with two attached hydrogens (primary N) is 1. The highest BCUT2D eigenvalue weighted by atomic mass is 16.7. The van der Waals surface area contributed by atoms with Crippen molar-refractivity contribution in [1.29, 1.82) is 0 Å². The molecule has 0 aromatic rings. The summed E-state index contributed by atoms with van der Waals surface area (Å²) in [5, 5.41) is 109. The van der Waals surface area contributed by atoms with Crippen LogP contribution in [0.5, 0.6) is 0 Å². The highest BCUT2D eigenvalue weighted by molar-refractivity contribution is 5.74. The van der Waals surface area contributed by atoms with Crippen molar-refractivity contribution >= 4 is 11.9 Å². The van der Waals surface area contributed by atoms with E-state index in [1.54, 1.807) is 75.5 Å². The number of carbonyl (C=O) groups excluding carboxylic acids is 2. The van der Waals surface area contributed by atoms with Gasteiger partial charge in [-0.05, 0) is 33.1 Å². The van der Waals surface area contributed by atoms with Gasteiger partial charge in [0.25, 0.3) is 0 Å². The van der Waals surface area contributed by atoms with E-state index in [4.69, 9.17) is 29.4 Å². The van der Waals surface area contributed by atoms with Gasteiger partial charge in [0.2, 0.25) is 0 Å². The summed E-state index contributed by atoms with van der Waals surface area (Å²) < 4.78 is 28.4. The summed E-state index contributed by atoms with van der Waals surface area (Å²) in [4.78, 5) is 25.7. The smallest absolute Gasteiger partial charge is 0.313 e. The predicted octanol–water partition coefficient (Wildman–Crippen LogP) is 0.800. The zero-order valence-electron chi connectivity index (χ0n) is 38.5. The van der Waals surface area contributed by atoms with E-state index in [0.29, 0.717) is 0 Å². The summed E-state index contributed by atoms with van der Waals surface area (Å²) in [6.45, 7) is 6.76. The SMILES string of the molecule is COC(=O)[C@H]1[C@@H]2C[C@@H](O[C@@H]3O[C@H](C)[C@@H](O)[C@H](N)[C@@H]3O)/C=C/C=C/C=C/C=C/C=C/C=C/C=C/[C@H](C)[C@@H](O)[C@H](C)[C@H](C)OC(=O)C[C@H](O)C[C@H](O)[C@@H](O)CC[C@H](O)C[C@H](O)C[C@](O)(C[C@@H]1O)O2. The normalized spacial score (nSPS) is 44.9. The molecule has 19 atom stereocenters. The number of carbonyl (C=O) groups is 2. The molecule has 0 spiro atoms. The highest BCUT2D eigenvalue weighted by Crippen LogP contribution is 2.38. The number of rotatable bonds is 3. The van der Waals surface area contributed by atoms with E-state index >= 15 is 0 Å². The lowest BCUT2D eigenvalue weighted by molar-refractivity contribution is -0.308. The molecule has 0 unspecified atom stereocenters. The molecule has 2 fully saturated rings. The Morgan fingerprint density at radius 1 is 0.667 bits per heavy atom. The van der Waals surface area contributed by atoms with E-state index < -0.39 is 141 Å². The summed E-state index contributed by atoms with van der Waals surface area (Å²) in [5.74, 6) is -5.93. The summed E-state index contributed by atoms with van der Waals surface area (Å²) in [6, 6.07) is -1.12. The Bertz CT molecular complexity index is 1680. The van der Waals surface area contributed by atoms with Gasteiger partial charge in [-0.15, -0.1) is 0 Å². The number of hydrogen-bond acceptors (Lipinski definition) is 18. The Morgan fingerprint density at radius 2 is 1.24 bits per heavy atom. The molecule has 374 valence electrons. The van der Waals surface area contributed by atoms with Crippen molar-refractivity contribution in [3.8, 4) is 0 Å². The van der Waals surface area contributed by atoms with Crippen molar-refractivity contribution < 1.29 is 84.3 Å². The first-order chi connectivity index (χ1) is 31.2. The van der Waals surface area contributed by atoms with Gasteiger partial charge < -0.3 is 80.5 Å². The second-order valence-corrected chi connectivity index (χ2v) is 17.8. The van der Waals surface area contributed by atoms with Crippen LogP contribution < -0.4 is 5.73 Å². The number of aliphatic hydroxyl groups is 10. The maximum atomic E-state index is 13.1. The molecule has 2 saturated heterocycles. The molecular formula is C48H75NO17. The van der Waals surface area contributed by atoms with Crippen LogP contribution in [0.15, 0.2) is 85.1 Å². The lowest BCUT2D eigenvalue weighted by atomic mass is 9.82. The van der Waals surface area contributed by atoms with Gasteiger partial charge >= 0.3 is 11.9 Å². The number of methoxy groups -OCH3 is 1. The van der Waals surface area contributed by atoms with E-state index in [-0.39, 0.29) is 38.0 Å². The van der Waals surface area contributed by atoms with Crippen LogP contribution in [0.2, 0.25) is 0 Å². The molecule has 12 N–H and O–H groups in total. The zero-order chi connectivity index (χ0) is 49.1. The Kier molecular flexibility index (Phi) is 24.3. The summed E-state index contributed by atoms with van der Waals surface area (Å²) in [5.41, 5.74) is 6.05. The first-order valence-corrected chi connectivity index (χ1v) is 22.7. The lowest BCUT2D eigenvalue weighted by Crippen LogP contribution is -2.61. The average Bonchev–Trinajstić information content (AvgIpc) is 3.24. The van der Waals surface area contributed by atoms with Gasteiger partial charge in [0.05, 0.1) is 86.7 Å². The number of hydrogen-bond donors (Lipinski definition) is 11. The molecule has 3 aliphatic heterocycles. The molecule has 18 heteroatoms. The van der Waals surface area contributed by atoms with Crippen LogP contribution in [0, 0.1) is 17.8 Å². The third kappa shape index (κ3) is 18.6. The monoisotopic (exact) mass is 938 g/mol. The minimum Gasteiger partial charge on any atom is -0.469 e. The molecule has 0 aromatic carbocycles. The van der Waals surface area contributed by atoms with Gasteiger partial charge in [0, 0.05) is 37.5 Å². The zero-order valence-corrected chi connectivity index (χ0v) is 38.5. The lowest BCUT2D eigenvalue weighted by Gasteiger charge is -2.45. The fraction of sp³-hybridized carbons (Fsp3) is 0.667. The fourth-order valence-electron chi connectivity index (χ4n) is 8.09. The molecule has 3 rings (SSSR count). The fourth-order valence-corrected chi connectivity index (χ4v) is 8.09. The topological polar surface area (TPSA) is 309 Å². The van der Waals surface area contributed by atoms with E-state index in [9.17, 15) is 60.7 Å². The number of esters is 2. The van der Waals surface area contributed by atoms with Crippen LogP contribution in [-0.2, 0) is 33.3 Å². The number of fused-ring (bicyclic) bond motifs is 2. The summed E-state index contributed by atoms with van der Waals surface area (Å²) in [7, 11) is 1.12. The molecule has 0 aliphatic carbocycles. The maximum absolute atomic E-state index is 13.1. The second kappa shape index (κ2) is 28.1. The van der Waals surface area contributed by atoms with Crippen LogP contribution >= 0.6 is 0 Å². The molecule has 2 bridgehead atoms. The van der Waals surface area contributed by atoms with E-state index in [1.807, 2.05) is 37.3 Å². The van der Waals surface area contributed by atoms with Crippen molar-refractivity contribution in [3.63, 3.8) is 0 Å². The van der Waals surface area contributed by atoms with E-state index in [2.05, 4.69) is 0 Å². The van der Waals surface area contributed by atoms with Crippen LogP contribution in [0.4, 0.5) is 0 Å². The van der Waals surface area contributed by atoms with Crippen molar-refractivity contribution in [2.24, 2.45) is 23.5 Å². The van der Waals surface area contributed by atoms with Crippen molar-refractivity contribution in [2.75, 3.05) is 7.11 Å².